The first-order valence-electron chi connectivity index (χ1n) is 6.78. The summed E-state index contributed by atoms with van der Waals surface area (Å²) in [6, 6.07) is 18.7. The summed E-state index contributed by atoms with van der Waals surface area (Å²) in [5.74, 6) is 0. The molecule has 0 saturated carbocycles. The average Bonchev–Trinajstić information content (AvgIpc) is 2.44. The van der Waals surface area contributed by atoms with E-state index in [1.807, 2.05) is 39.0 Å². The molecule has 0 aromatic heterocycles. The van der Waals surface area contributed by atoms with Crippen LogP contribution in [0.25, 0.3) is 11.1 Å². The zero-order valence-electron chi connectivity index (χ0n) is 12.3. The molecule has 0 aliphatic heterocycles. The second-order valence-electron chi connectivity index (χ2n) is 5.79. The summed E-state index contributed by atoms with van der Waals surface area (Å²) < 4.78 is 0. The monoisotopic (exact) mass is 266 g/mol. The molecular weight excluding hydrogens is 246 g/mol. The fourth-order valence-electron chi connectivity index (χ4n) is 1.70. The minimum absolute atomic E-state index is 0.0723. The van der Waals surface area contributed by atoms with Crippen molar-refractivity contribution < 1.29 is 4.84 Å². The summed E-state index contributed by atoms with van der Waals surface area (Å²) in [6.45, 7) is 6.58. The van der Waals surface area contributed by atoms with Gasteiger partial charge in [-0.3, -0.25) is 0 Å². The van der Waals surface area contributed by atoms with Crippen LogP contribution in [-0.2, 0) is 11.4 Å². The van der Waals surface area contributed by atoms with Crippen LogP contribution < -0.4 is 0 Å². The molecule has 0 atom stereocenters. The lowest BCUT2D eigenvalue weighted by Gasteiger charge is -2.08. The van der Waals surface area contributed by atoms with Crippen LogP contribution >= 0.6 is 0 Å². The smallest absolute Gasteiger partial charge is 0.142 e. The Morgan fingerprint density at radius 3 is 2.10 bits per heavy atom. The number of hydrogen-bond donors (Lipinski definition) is 0. The summed E-state index contributed by atoms with van der Waals surface area (Å²) in [4.78, 5) is 5.26. The average molecular weight is 266 g/mol. The third-order valence-electron chi connectivity index (χ3n) is 2.74. The van der Waals surface area contributed by atoms with Gasteiger partial charge in [0.1, 0.15) is 12.8 Å². The van der Waals surface area contributed by atoms with E-state index >= 15 is 0 Å². The Balaban J connectivity index is 1.94. The van der Waals surface area contributed by atoms with Gasteiger partial charge in [0.2, 0.25) is 0 Å². The minimum atomic E-state index is -0.0723. The molecule has 0 amide bonds. The van der Waals surface area contributed by atoms with Crippen molar-refractivity contribution >= 4 is 6.21 Å². The van der Waals surface area contributed by atoms with Gasteiger partial charge in [0.25, 0.3) is 0 Å². The number of hydrogen-bond acceptors (Lipinski definition) is 2. The zero-order chi connectivity index (χ0) is 14.4. The summed E-state index contributed by atoms with van der Waals surface area (Å²) in [5.41, 5.74) is 3.46. The highest BCUT2D eigenvalue weighted by Gasteiger charge is 2.06. The summed E-state index contributed by atoms with van der Waals surface area (Å²) in [5, 5.41) is 3.87. The van der Waals surface area contributed by atoms with Crippen molar-refractivity contribution in [3.05, 3.63) is 60.2 Å². The fraction of sp³-hybridized carbons (Fsp3) is 0.278. The van der Waals surface area contributed by atoms with Crippen LogP contribution in [0.15, 0.2) is 59.8 Å². The van der Waals surface area contributed by atoms with Gasteiger partial charge in [-0.25, -0.2) is 0 Å². The predicted octanol–water partition coefficient (Wildman–Crippen LogP) is 4.78. The van der Waals surface area contributed by atoms with Gasteiger partial charge in [-0.1, -0.05) is 80.5 Å². The van der Waals surface area contributed by atoms with Crippen LogP contribution in [0.3, 0.4) is 0 Å². The van der Waals surface area contributed by atoms with Crippen LogP contribution in [0.4, 0.5) is 0 Å². The van der Waals surface area contributed by atoms with Crippen LogP contribution in [-0.4, -0.2) is 6.21 Å². The Kier molecular flexibility index (Phi) is 4.57. The van der Waals surface area contributed by atoms with E-state index in [1.54, 1.807) is 0 Å². The van der Waals surface area contributed by atoms with Gasteiger partial charge < -0.3 is 4.84 Å². The lowest BCUT2D eigenvalue weighted by atomic mass is 10.00. The first-order valence-corrected chi connectivity index (χ1v) is 6.78. The van der Waals surface area contributed by atoms with Gasteiger partial charge in [-0.05, 0) is 16.7 Å². The van der Waals surface area contributed by atoms with Crippen molar-refractivity contribution in [2.75, 3.05) is 0 Å². The number of benzene rings is 2. The van der Waals surface area contributed by atoms with E-state index in [4.69, 9.17) is 4.84 Å². The molecule has 0 heterocycles. The van der Waals surface area contributed by atoms with Crippen LogP contribution in [0.1, 0.15) is 26.3 Å². The predicted molar refractivity (Wildman–Crippen MR) is 83.6 cm³/mol. The second-order valence-corrected chi connectivity index (χ2v) is 5.79. The van der Waals surface area contributed by atoms with Gasteiger partial charge in [0.05, 0.1) is 0 Å². The van der Waals surface area contributed by atoms with Crippen molar-refractivity contribution in [3.8, 4) is 11.1 Å². The molecule has 0 N–H and O–H groups in total. The third-order valence-corrected chi connectivity index (χ3v) is 2.74. The summed E-state index contributed by atoms with van der Waals surface area (Å²) in [6.07, 6.45) is 2.93. The van der Waals surface area contributed by atoms with Crippen molar-refractivity contribution in [3.63, 3.8) is 0 Å². The molecule has 2 rings (SSSR count). The maximum atomic E-state index is 5.26. The fourth-order valence-corrected chi connectivity index (χ4v) is 1.70. The van der Waals surface area contributed by atoms with Crippen molar-refractivity contribution in [1.29, 1.82) is 0 Å². The Labute approximate surface area is 121 Å². The van der Waals surface area contributed by atoms with Gasteiger partial charge >= 0.3 is 0 Å². The molecule has 103 valence electrons. The largest absolute Gasteiger partial charge is 0.391 e. The van der Waals surface area contributed by atoms with Crippen molar-refractivity contribution in [2.45, 2.75) is 27.4 Å². The van der Waals surface area contributed by atoms with Crippen LogP contribution in [0, 0.1) is 5.41 Å². The summed E-state index contributed by atoms with van der Waals surface area (Å²) in [7, 11) is 0. The second kappa shape index (κ2) is 6.38. The molecule has 20 heavy (non-hydrogen) atoms. The van der Waals surface area contributed by atoms with Gasteiger partial charge in [-0.2, -0.15) is 0 Å². The van der Waals surface area contributed by atoms with E-state index in [0.717, 1.165) is 5.56 Å². The highest BCUT2D eigenvalue weighted by molar-refractivity contribution is 5.63. The quantitative estimate of drug-likeness (QED) is 0.576. The molecular formula is C18H20NO. The lowest BCUT2D eigenvalue weighted by molar-refractivity contribution is 0.129. The SMILES string of the molecule is CC(C)(C)/[C]=N\OCc1ccc(-c2ccccc2)cc1. The topological polar surface area (TPSA) is 21.6 Å². The molecule has 0 unspecified atom stereocenters. The van der Waals surface area contributed by atoms with Crippen molar-refractivity contribution in [1.82, 2.24) is 0 Å². The van der Waals surface area contributed by atoms with E-state index in [-0.39, 0.29) is 5.41 Å². The first kappa shape index (κ1) is 14.3. The highest BCUT2D eigenvalue weighted by Crippen LogP contribution is 2.19. The third kappa shape index (κ3) is 4.54. The van der Waals surface area contributed by atoms with Crippen LogP contribution in [0.5, 0.6) is 0 Å². The molecule has 1 radical (unpaired) electrons. The van der Waals surface area contributed by atoms with E-state index in [0.29, 0.717) is 6.61 Å². The maximum Gasteiger partial charge on any atom is 0.142 e. The molecule has 0 fully saturated rings. The first-order chi connectivity index (χ1) is 9.54. The molecule has 2 aromatic carbocycles. The van der Waals surface area contributed by atoms with Crippen molar-refractivity contribution in [2.24, 2.45) is 10.6 Å². The summed E-state index contributed by atoms with van der Waals surface area (Å²) >= 11 is 0. The zero-order valence-corrected chi connectivity index (χ0v) is 12.3. The van der Waals surface area contributed by atoms with E-state index in [2.05, 4.69) is 47.8 Å². The maximum absolute atomic E-state index is 5.26. The highest BCUT2D eigenvalue weighted by atomic mass is 16.6. The molecule has 0 aliphatic rings. The Hall–Kier alpha value is -2.09. The Bertz CT molecular complexity index is 550. The number of rotatable bonds is 4. The van der Waals surface area contributed by atoms with Crippen LogP contribution in [0.2, 0.25) is 0 Å². The molecule has 0 aliphatic carbocycles. The van der Waals surface area contributed by atoms with Gasteiger partial charge in [-0.15, -0.1) is 0 Å². The molecule has 2 aromatic rings. The number of nitrogens with zero attached hydrogens (tertiary/aromatic N) is 1. The standard InChI is InChI=1S/C18H20NO/c1-18(2,3)14-19-20-13-15-9-11-17(12-10-15)16-7-5-4-6-8-16/h4-12H,13H2,1-3H3. The Morgan fingerprint density at radius 2 is 1.50 bits per heavy atom. The van der Waals surface area contributed by atoms with E-state index in [9.17, 15) is 0 Å². The molecule has 0 spiro atoms. The van der Waals surface area contributed by atoms with Gasteiger partial charge in [0, 0.05) is 5.41 Å². The van der Waals surface area contributed by atoms with E-state index in [1.165, 1.54) is 11.1 Å². The minimum Gasteiger partial charge on any atom is -0.391 e. The van der Waals surface area contributed by atoms with Gasteiger partial charge in [0.15, 0.2) is 0 Å². The molecule has 2 heteroatoms. The Morgan fingerprint density at radius 1 is 0.900 bits per heavy atom. The van der Waals surface area contributed by atoms with E-state index < -0.39 is 0 Å². The molecule has 2 nitrogen and oxygen atoms in total. The lowest BCUT2D eigenvalue weighted by Crippen LogP contribution is -2.06. The molecule has 0 bridgehead atoms. The molecule has 0 saturated heterocycles. The normalized spacial score (nSPS) is 11.8.